The highest BCUT2D eigenvalue weighted by Gasteiger charge is 2.20. The topological polar surface area (TPSA) is 83.0 Å². The van der Waals surface area contributed by atoms with Crippen molar-refractivity contribution in [1.29, 1.82) is 0 Å². The lowest BCUT2D eigenvalue weighted by molar-refractivity contribution is 0.129. The summed E-state index contributed by atoms with van der Waals surface area (Å²) in [6.45, 7) is 7.44. The largest absolute Gasteiger partial charge is 0.381 e. The number of unbranched alkanes of at least 4 members (excludes halogenated alkanes) is 1. The molecule has 7 nitrogen and oxygen atoms in total. The molecule has 1 aliphatic heterocycles. The van der Waals surface area contributed by atoms with Gasteiger partial charge in [-0.3, -0.25) is 9.89 Å². The summed E-state index contributed by atoms with van der Waals surface area (Å²) in [5.41, 5.74) is 0. The predicted molar refractivity (Wildman–Crippen MR) is 94.8 cm³/mol. The maximum Gasteiger partial charge on any atom is 0.191 e. The molecule has 0 spiro atoms. The molecule has 0 atom stereocenters. The van der Waals surface area contributed by atoms with Gasteiger partial charge < -0.3 is 15.4 Å². The fraction of sp³-hybridized carbons (Fsp3) is 0.933. The van der Waals surface area contributed by atoms with Gasteiger partial charge in [-0.2, -0.15) is 0 Å². The van der Waals surface area contributed by atoms with Crippen LogP contribution in [0, 0.1) is 0 Å². The third-order valence-electron chi connectivity index (χ3n) is 3.78. The number of aliphatic imine (C=N–C) groups is 1. The summed E-state index contributed by atoms with van der Waals surface area (Å²) in [4.78, 5) is 6.35. The molecule has 136 valence electrons. The Morgan fingerprint density at radius 3 is 2.43 bits per heavy atom. The van der Waals surface area contributed by atoms with Crippen molar-refractivity contribution in [2.75, 3.05) is 64.5 Å². The minimum Gasteiger partial charge on any atom is -0.381 e. The molecule has 0 aromatic rings. The molecule has 0 amide bonds. The zero-order chi connectivity index (χ0) is 17.0. The average molecular weight is 349 g/mol. The number of rotatable bonds is 10. The van der Waals surface area contributed by atoms with Gasteiger partial charge in [0.05, 0.1) is 11.5 Å². The number of nitrogens with one attached hydrogen (secondary N) is 2. The second-order valence-corrected chi connectivity index (χ2v) is 8.04. The molecular weight excluding hydrogens is 316 g/mol. The van der Waals surface area contributed by atoms with Gasteiger partial charge in [0.2, 0.25) is 0 Å². The van der Waals surface area contributed by atoms with Gasteiger partial charge in [0.1, 0.15) is 0 Å². The summed E-state index contributed by atoms with van der Waals surface area (Å²) in [5.74, 6) is 1.33. The van der Waals surface area contributed by atoms with Crippen molar-refractivity contribution in [1.82, 2.24) is 15.5 Å². The number of hydrogen-bond donors (Lipinski definition) is 2. The first kappa shape index (κ1) is 20.2. The monoisotopic (exact) mass is 348 g/mol. The van der Waals surface area contributed by atoms with Gasteiger partial charge in [-0.25, -0.2) is 8.42 Å². The quantitative estimate of drug-likeness (QED) is 0.331. The number of ether oxygens (including phenoxy) is 1. The van der Waals surface area contributed by atoms with E-state index in [2.05, 4.69) is 27.4 Å². The van der Waals surface area contributed by atoms with Gasteiger partial charge in [-0.05, 0) is 12.8 Å². The van der Waals surface area contributed by atoms with E-state index >= 15 is 0 Å². The normalized spacial score (nSPS) is 18.8. The number of hydrogen-bond acceptors (Lipinski definition) is 5. The highest BCUT2D eigenvalue weighted by Crippen LogP contribution is 2.02. The summed E-state index contributed by atoms with van der Waals surface area (Å²) < 4.78 is 28.3. The van der Waals surface area contributed by atoms with E-state index in [9.17, 15) is 8.42 Å². The Kier molecular flexibility index (Phi) is 10.2. The lowest BCUT2D eigenvalue weighted by Crippen LogP contribution is -2.46. The van der Waals surface area contributed by atoms with Crippen molar-refractivity contribution in [2.24, 2.45) is 4.99 Å². The van der Waals surface area contributed by atoms with Crippen LogP contribution in [0.2, 0.25) is 0 Å². The molecule has 1 fully saturated rings. The molecule has 0 unspecified atom stereocenters. The number of nitrogens with zero attached hydrogens (tertiary/aromatic N) is 2. The number of guanidine groups is 1. The van der Waals surface area contributed by atoms with Crippen molar-refractivity contribution < 1.29 is 13.2 Å². The Morgan fingerprint density at radius 2 is 1.78 bits per heavy atom. The van der Waals surface area contributed by atoms with Crippen LogP contribution >= 0.6 is 0 Å². The molecule has 0 bridgehead atoms. The summed E-state index contributed by atoms with van der Waals surface area (Å²) in [6, 6.07) is 0. The summed E-state index contributed by atoms with van der Waals surface area (Å²) in [6.07, 6.45) is 3.24. The summed E-state index contributed by atoms with van der Waals surface area (Å²) >= 11 is 0. The van der Waals surface area contributed by atoms with Crippen LogP contribution in [0.3, 0.4) is 0 Å². The first-order valence-electron chi connectivity index (χ1n) is 8.52. The Hall–Kier alpha value is -0.860. The minimum absolute atomic E-state index is 0.276. The fourth-order valence-corrected chi connectivity index (χ4v) is 3.53. The van der Waals surface area contributed by atoms with Gasteiger partial charge in [-0.1, -0.05) is 13.3 Å². The zero-order valence-corrected chi connectivity index (χ0v) is 15.3. The lowest BCUT2D eigenvalue weighted by Gasteiger charge is -2.26. The molecule has 0 aromatic heterocycles. The molecule has 1 saturated heterocycles. The fourth-order valence-electron chi connectivity index (χ4n) is 2.26. The first-order valence-corrected chi connectivity index (χ1v) is 10.3. The molecule has 23 heavy (non-hydrogen) atoms. The van der Waals surface area contributed by atoms with E-state index in [1.54, 1.807) is 7.05 Å². The van der Waals surface area contributed by atoms with Crippen molar-refractivity contribution in [3.63, 3.8) is 0 Å². The maximum atomic E-state index is 11.4. The van der Waals surface area contributed by atoms with Gasteiger partial charge in [0.15, 0.2) is 15.8 Å². The molecule has 1 heterocycles. The van der Waals surface area contributed by atoms with E-state index in [0.717, 1.165) is 58.1 Å². The van der Waals surface area contributed by atoms with Crippen LogP contribution in [-0.4, -0.2) is 83.8 Å². The molecule has 8 heteroatoms. The van der Waals surface area contributed by atoms with E-state index in [1.165, 1.54) is 0 Å². The predicted octanol–water partition coefficient (Wildman–Crippen LogP) is 0.0886. The molecular formula is C15H32N4O3S. The van der Waals surface area contributed by atoms with Crippen molar-refractivity contribution >= 4 is 15.8 Å². The van der Waals surface area contributed by atoms with Crippen LogP contribution in [0.5, 0.6) is 0 Å². The molecule has 0 aromatic carbocycles. The molecule has 0 radical (unpaired) electrons. The van der Waals surface area contributed by atoms with Crippen molar-refractivity contribution in [3.05, 3.63) is 0 Å². The zero-order valence-electron chi connectivity index (χ0n) is 14.5. The molecule has 0 saturated carbocycles. The smallest absolute Gasteiger partial charge is 0.191 e. The Balaban J connectivity index is 2.04. The van der Waals surface area contributed by atoms with Crippen LogP contribution in [-0.2, 0) is 14.6 Å². The van der Waals surface area contributed by atoms with Crippen LogP contribution in [0.15, 0.2) is 4.99 Å². The van der Waals surface area contributed by atoms with E-state index in [1.807, 2.05) is 0 Å². The van der Waals surface area contributed by atoms with Gasteiger partial charge in [0.25, 0.3) is 0 Å². The van der Waals surface area contributed by atoms with E-state index in [0.29, 0.717) is 13.1 Å². The summed E-state index contributed by atoms with van der Waals surface area (Å²) in [7, 11) is -1.04. The standard InChI is InChI=1S/C15H32N4O3S/c1-3-4-11-22-12-5-6-17-15(16-2)18-7-8-19-9-13-23(20,21)14-10-19/h3-14H2,1-2H3,(H2,16,17,18). The number of sulfone groups is 1. The third-order valence-corrected chi connectivity index (χ3v) is 5.39. The Labute approximate surface area is 140 Å². The Morgan fingerprint density at radius 1 is 1.13 bits per heavy atom. The highest BCUT2D eigenvalue weighted by atomic mass is 32.2. The third kappa shape index (κ3) is 9.78. The van der Waals surface area contributed by atoms with Crippen molar-refractivity contribution in [3.8, 4) is 0 Å². The second-order valence-electron chi connectivity index (χ2n) is 5.74. The molecule has 1 aliphatic rings. The first-order chi connectivity index (χ1) is 11.1. The van der Waals surface area contributed by atoms with Crippen LogP contribution in [0.25, 0.3) is 0 Å². The van der Waals surface area contributed by atoms with Crippen LogP contribution in [0.4, 0.5) is 0 Å². The van der Waals surface area contributed by atoms with Gasteiger partial charge in [0, 0.05) is 53.0 Å². The van der Waals surface area contributed by atoms with Crippen molar-refractivity contribution in [2.45, 2.75) is 26.2 Å². The minimum atomic E-state index is -2.80. The maximum absolute atomic E-state index is 11.4. The Bertz CT molecular complexity index is 426. The molecule has 2 N–H and O–H groups in total. The van der Waals surface area contributed by atoms with E-state index in [4.69, 9.17) is 4.74 Å². The average Bonchev–Trinajstić information content (AvgIpc) is 2.53. The van der Waals surface area contributed by atoms with E-state index < -0.39 is 9.84 Å². The van der Waals surface area contributed by atoms with Crippen LogP contribution < -0.4 is 10.6 Å². The summed E-state index contributed by atoms with van der Waals surface area (Å²) in [5, 5.41) is 6.51. The van der Waals surface area contributed by atoms with Gasteiger partial charge in [-0.15, -0.1) is 0 Å². The lowest BCUT2D eigenvalue weighted by atomic mass is 10.4. The molecule has 1 rings (SSSR count). The SMILES string of the molecule is CCCCOCCCNC(=NC)NCCN1CCS(=O)(=O)CC1. The van der Waals surface area contributed by atoms with Gasteiger partial charge >= 0.3 is 0 Å². The van der Waals surface area contributed by atoms with E-state index in [-0.39, 0.29) is 11.5 Å². The highest BCUT2D eigenvalue weighted by molar-refractivity contribution is 7.91. The molecule has 0 aliphatic carbocycles. The second kappa shape index (κ2) is 11.6. The van der Waals surface area contributed by atoms with Crippen LogP contribution in [0.1, 0.15) is 26.2 Å².